The molecule has 0 saturated carbocycles. The van der Waals surface area contributed by atoms with E-state index in [2.05, 4.69) is 0 Å². The molecule has 0 amide bonds. The zero-order valence-corrected chi connectivity index (χ0v) is 22.4. The molecule has 0 N–H and O–H groups in total. The molecule has 9 heteroatoms. The number of ether oxygens (including phenoxy) is 5. The molecule has 3 aromatic carbocycles. The van der Waals surface area contributed by atoms with Gasteiger partial charge in [-0.15, -0.1) is 0 Å². The zero-order chi connectivity index (χ0) is 26.8. The van der Waals surface area contributed by atoms with Crippen LogP contribution in [0.3, 0.4) is 0 Å². The van der Waals surface area contributed by atoms with Gasteiger partial charge in [-0.25, -0.2) is 0 Å². The first-order valence-electron chi connectivity index (χ1n) is 12.4. The fraction of sp³-hybridized carbons (Fsp3) is 0.379. The number of rotatable bonds is 13. The van der Waals surface area contributed by atoms with Crippen molar-refractivity contribution in [1.29, 1.82) is 0 Å². The lowest BCUT2D eigenvalue weighted by Gasteiger charge is -2.44. The number of hydrogen-bond acceptors (Lipinski definition) is 8. The molecule has 1 saturated heterocycles. The predicted octanol–water partition coefficient (Wildman–Crippen LogP) is 4.09. The minimum atomic E-state index is -3.88. The van der Waals surface area contributed by atoms with Gasteiger partial charge in [-0.3, -0.25) is 4.18 Å². The summed E-state index contributed by atoms with van der Waals surface area (Å²) in [7, 11) is -2.37. The van der Waals surface area contributed by atoms with Crippen molar-refractivity contribution in [3.63, 3.8) is 0 Å². The second-order valence-corrected chi connectivity index (χ2v) is 10.7. The Hall–Kier alpha value is -2.63. The van der Waals surface area contributed by atoms with Crippen LogP contribution in [-0.2, 0) is 57.8 Å². The number of benzene rings is 3. The minimum Gasteiger partial charge on any atom is -0.374 e. The molecule has 0 spiro atoms. The summed E-state index contributed by atoms with van der Waals surface area (Å²) in [6.07, 6.45) is -3.28. The zero-order valence-electron chi connectivity index (χ0n) is 21.5. The molecule has 204 valence electrons. The molecular formula is C29H34O8S. The molecule has 0 bridgehead atoms. The van der Waals surface area contributed by atoms with E-state index >= 15 is 0 Å². The summed E-state index contributed by atoms with van der Waals surface area (Å²) in [6.45, 7) is 0.855. The summed E-state index contributed by atoms with van der Waals surface area (Å²) in [5.41, 5.74) is 2.84. The van der Waals surface area contributed by atoms with Crippen molar-refractivity contribution < 1.29 is 36.3 Å². The van der Waals surface area contributed by atoms with Gasteiger partial charge in [0.15, 0.2) is 6.29 Å². The Kier molecular flexibility index (Phi) is 10.4. The van der Waals surface area contributed by atoms with Gasteiger partial charge in [0, 0.05) is 7.11 Å². The molecule has 0 radical (unpaired) electrons. The predicted molar refractivity (Wildman–Crippen MR) is 142 cm³/mol. The lowest BCUT2D eigenvalue weighted by molar-refractivity contribution is -0.311. The number of hydrogen-bond donors (Lipinski definition) is 0. The lowest BCUT2D eigenvalue weighted by atomic mass is 9.98. The van der Waals surface area contributed by atoms with Crippen LogP contribution in [0.25, 0.3) is 0 Å². The molecule has 1 aliphatic heterocycles. The van der Waals surface area contributed by atoms with Gasteiger partial charge in [0.25, 0.3) is 10.1 Å². The van der Waals surface area contributed by atoms with Gasteiger partial charge in [0.2, 0.25) is 0 Å². The average molecular weight is 543 g/mol. The van der Waals surface area contributed by atoms with Crippen LogP contribution in [0, 0.1) is 0 Å². The van der Waals surface area contributed by atoms with E-state index in [4.69, 9.17) is 27.9 Å². The van der Waals surface area contributed by atoms with E-state index in [1.807, 2.05) is 91.0 Å². The van der Waals surface area contributed by atoms with Crippen molar-refractivity contribution >= 4 is 10.1 Å². The van der Waals surface area contributed by atoms with Gasteiger partial charge in [-0.2, -0.15) is 8.42 Å². The van der Waals surface area contributed by atoms with Crippen LogP contribution in [0.4, 0.5) is 0 Å². The molecule has 8 nitrogen and oxygen atoms in total. The van der Waals surface area contributed by atoms with Crippen LogP contribution < -0.4 is 0 Å². The third-order valence-corrected chi connectivity index (χ3v) is 6.65. The van der Waals surface area contributed by atoms with Crippen LogP contribution in [0.15, 0.2) is 91.0 Å². The standard InChI is InChI=1S/C29H34O8S/c1-32-29-28(35-20-24-16-10-5-11-17-24)27(34-19-23-14-8-4-9-15-23)26(37-38(2,30)31)25(36-29)21-33-18-22-12-6-3-7-13-22/h3-17,25-29H,18-21H2,1-2H3/t25-,26+,27+,28-,29+/m1/s1. The van der Waals surface area contributed by atoms with E-state index in [1.54, 1.807) is 0 Å². The smallest absolute Gasteiger partial charge is 0.264 e. The van der Waals surface area contributed by atoms with Crippen molar-refractivity contribution in [1.82, 2.24) is 0 Å². The molecule has 1 aliphatic rings. The van der Waals surface area contributed by atoms with E-state index in [0.29, 0.717) is 6.61 Å². The van der Waals surface area contributed by atoms with E-state index in [1.165, 1.54) is 7.11 Å². The Labute approximate surface area is 224 Å². The summed E-state index contributed by atoms with van der Waals surface area (Å²) in [6, 6.07) is 28.9. The highest BCUT2D eigenvalue weighted by molar-refractivity contribution is 7.86. The van der Waals surface area contributed by atoms with Crippen LogP contribution in [0.1, 0.15) is 16.7 Å². The van der Waals surface area contributed by atoms with E-state index in [-0.39, 0.29) is 19.8 Å². The Morgan fingerprint density at radius 3 is 1.63 bits per heavy atom. The Morgan fingerprint density at radius 2 is 1.16 bits per heavy atom. The quantitative estimate of drug-likeness (QED) is 0.299. The summed E-state index contributed by atoms with van der Waals surface area (Å²) in [4.78, 5) is 0. The average Bonchev–Trinajstić information content (AvgIpc) is 2.93. The highest BCUT2D eigenvalue weighted by atomic mass is 32.2. The minimum absolute atomic E-state index is 0.0611. The molecule has 5 atom stereocenters. The molecule has 0 aromatic heterocycles. The molecule has 0 unspecified atom stereocenters. The normalized spacial score (nSPS) is 23.8. The van der Waals surface area contributed by atoms with Crippen molar-refractivity contribution in [2.75, 3.05) is 20.0 Å². The van der Waals surface area contributed by atoms with Crippen molar-refractivity contribution in [2.45, 2.75) is 50.5 Å². The molecule has 4 rings (SSSR count). The third-order valence-electron chi connectivity index (χ3n) is 6.07. The van der Waals surface area contributed by atoms with Crippen molar-refractivity contribution in [3.8, 4) is 0 Å². The van der Waals surface area contributed by atoms with Crippen LogP contribution in [-0.4, -0.2) is 59.1 Å². The molecule has 3 aromatic rings. The van der Waals surface area contributed by atoms with Crippen LogP contribution in [0.2, 0.25) is 0 Å². The van der Waals surface area contributed by atoms with Crippen LogP contribution in [0.5, 0.6) is 0 Å². The molecule has 1 heterocycles. The van der Waals surface area contributed by atoms with Gasteiger partial charge in [-0.05, 0) is 16.7 Å². The molecule has 1 fully saturated rings. The topological polar surface area (TPSA) is 89.5 Å². The highest BCUT2D eigenvalue weighted by Crippen LogP contribution is 2.31. The fourth-order valence-electron chi connectivity index (χ4n) is 4.29. The summed E-state index contributed by atoms with van der Waals surface area (Å²) in [5.74, 6) is 0. The Morgan fingerprint density at radius 1 is 0.684 bits per heavy atom. The SMILES string of the molecule is CO[C@H]1O[C@H](COCc2ccccc2)[C@H](OS(C)(=O)=O)[C@H](OCc2ccccc2)[C@H]1OCc1ccccc1. The van der Waals surface area contributed by atoms with Gasteiger partial charge in [-0.1, -0.05) is 91.0 Å². The van der Waals surface area contributed by atoms with E-state index in [0.717, 1.165) is 22.9 Å². The van der Waals surface area contributed by atoms with Crippen LogP contribution >= 0.6 is 0 Å². The maximum Gasteiger partial charge on any atom is 0.264 e. The maximum absolute atomic E-state index is 12.4. The molecular weight excluding hydrogens is 508 g/mol. The summed E-state index contributed by atoms with van der Waals surface area (Å²) >= 11 is 0. The Bertz CT molecular complexity index is 1190. The largest absolute Gasteiger partial charge is 0.374 e. The van der Waals surface area contributed by atoms with Crippen molar-refractivity contribution in [3.05, 3.63) is 108 Å². The number of methoxy groups -OCH3 is 1. The van der Waals surface area contributed by atoms with Gasteiger partial charge in [0.1, 0.15) is 24.4 Å². The molecule has 38 heavy (non-hydrogen) atoms. The summed E-state index contributed by atoms with van der Waals surface area (Å²) < 4.78 is 60.6. The second-order valence-electron chi connectivity index (χ2n) is 9.07. The fourth-order valence-corrected chi connectivity index (χ4v) is 4.92. The van der Waals surface area contributed by atoms with Crippen molar-refractivity contribution in [2.24, 2.45) is 0 Å². The first kappa shape index (κ1) is 28.4. The second kappa shape index (κ2) is 14.0. The first-order valence-corrected chi connectivity index (χ1v) is 14.2. The third kappa shape index (κ3) is 8.44. The monoisotopic (exact) mass is 542 g/mol. The van der Waals surface area contributed by atoms with E-state index < -0.39 is 40.8 Å². The molecule has 0 aliphatic carbocycles. The Balaban J connectivity index is 1.57. The highest BCUT2D eigenvalue weighted by Gasteiger charge is 2.50. The van der Waals surface area contributed by atoms with Gasteiger partial charge >= 0.3 is 0 Å². The lowest BCUT2D eigenvalue weighted by Crippen LogP contribution is -2.62. The maximum atomic E-state index is 12.4. The summed E-state index contributed by atoms with van der Waals surface area (Å²) in [5, 5.41) is 0. The first-order chi connectivity index (χ1) is 18.4. The van der Waals surface area contributed by atoms with Gasteiger partial charge < -0.3 is 23.7 Å². The van der Waals surface area contributed by atoms with E-state index in [9.17, 15) is 8.42 Å². The van der Waals surface area contributed by atoms with Gasteiger partial charge in [0.05, 0.1) is 32.7 Å².